The molecule has 0 saturated carbocycles. The largest absolute Gasteiger partial charge is 0.338 e. The third-order valence-corrected chi connectivity index (χ3v) is 3.68. The molecule has 0 fully saturated rings. The lowest BCUT2D eigenvalue weighted by atomic mass is 10.4. The molecule has 0 radical (unpaired) electrons. The minimum absolute atomic E-state index is 0.413. The van der Waals surface area contributed by atoms with Crippen LogP contribution in [0.3, 0.4) is 0 Å². The van der Waals surface area contributed by atoms with E-state index in [2.05, 4.69) is 30.4 Å². The molecule has 1 N–H and O–H groups in total. The Labute approximate surface area is 146 Å². The monoisotopic (exact) mass is 357 g/mol. The Bertz CT molecular complexity index is 1030. The van der Waals surface area contributed by atoms with Crippen molar-refractivity contribution >= 4 is 45.9 Å². The Hall–Kier alpha value is -2.77. The average Bonchev–Trinajstić information content (AvgIpc) is 3.03. The molecule has 4 rings (SSSR count). The van der Waals surface area contributed by atoms with Crippen LogP contribution in [-0.2, 0) is 0 Å². The molecule has 4 aromatic heterocycles. The van der Waals surface area contributed by atoms with E-state index in [0.29, 0.717) is 27.3 Å². The molecule has 7 nitrogen and oxygen atoms in total. The average molecular weight is 358 g/mol. The predicted molar refractivity (Wildman–Crippen MR) is 92.0 cm³/mol. The number of halogens is 2. The van der Waals surface area contributed by atoms with Gasteiger partial charge >= 0.3 is 0 Å². The zero-order chi connectivity index (χ0) is 16.5. The number of hydrogen-bond donors (Lipinski definition) is 1. The normalized spacial score (nSPS) is 10.9. The molecule has 0 aromatic carbocycles. The van der Waals surface area contributed by atoms with Crippen molar-refractivity contribution in [2.24, 2.45) is 0 Å². The number of rotatable bonds is 3. The number of nitrogens with one attached hydrogen (secondary N) is 1. The minimum atomic E-state index is 0.413. The lowest BCUT2D eigenvalue weighted by molar-refractivity contribution is 0.847. The van der Waals surface area contributed by atoms with Crippen molar-refractivity contribution in [1.82, 2.24) is 29.7 Å². The van der Waals surface area contributed by atoms with Crippen LogP contribution in [0.15, 0.2) is 49.2 Å². The van der Waals surface area contributed by atoms with Gasteiger partial charge in [0.2, 0.25) is 0 Å². The second-order valence-electron chi connectivity index (χ2n) is 4.85. The quantitative estimate of drug-likeness (QED) is 0.602. The first kappa shape index (κ1) is 14.8. The van der Waals surface area contributed by atoms with E-state index in [1.807, 2.05) is 12.1 Å². The second-order valence-corrected chi connectivity index (χ2v) is 5.70. The van der Waals surface area contributed by atoms with E-state index in [1.165, 1.54) is 6.20 Å². The Kier molecular flexibility index (Phi) is 3.72. The van der Waals surface area contributed by atoms with Crippen LogP contribution in [0.1, 0.15) is 0 Å². The van der Waals surface area contributed by atoms with Crippen molar-refractivity contribution in [3.63, 3.8) is 0 Å². The molecule has 4 heterocycles. The van der Waals surface area contributed by atoms with Gasteiger partial charge in [-0.25, -0.2) is 19.6 Å². The van der Waals surface area contributed by atoms with Gasteiger partial charge < -0.3 is 5.32 Å². The summed E-state index contributed by atoms with van der Waals surface area (Å²) >= 11 is 12.0. The highest BCUT2D eigenvalue weighted by atomic mass is 35.5. The van der Waals surface area contributed by atoms with Crippen LogP contribution < -0.4 is 5.32 Å². The lowest BCUT2D eigenvalue weighted by Gasteiger charge is -2.04. The molecule has 4 aromatic rings. The molecular formula is C15H9Cl2N7. The van der Waals surface area contributed by atoms with Gasteiger partial charge in [-0.15, -0.1) is 0 Å². The number of hydrogen-bond acceptors (Lipinski definition) is 6. The predicted octanol–water partition coefficient (Wildman–Crippen LogP) is 3.66. The summed E-state index contributed by atoms with van der Waals surface area (Å²) in [6.45, 7) is 0. The second kappa shape index (κ2) is 6.03. The summed E-state index contributed by atoms with van der Waals surface area (Å²) in [5.74, 6) is 1.13. The maximum Gasteiger partial charge on any atom is 0.180 e. The van der Waals surface area contributed by atoms with Gasteiger partial charge in [0, 0.05) is 18.6 Å². The van der Waals surface area contributed by atoms with Crippen molar-refractivity contribution in [1.29, 1.82) is 0 Å². The van der Waals surface area contributed by atoms with Crippen LogP contribution in [0.25, 0.3) is 17.0 Å². The zero-order valence-electron chi connectivity index (χ0n) is 12.1. The molecule has 0 unspecified atom stereocenters. The van der Waals surface area contributed by atoms with E-state index in [0.717, 1.165) is 11.2 Å². The Morgan fingerprint density at radius 2 is 1.88 bits per heavy atom. The molecule has 0 aliphatic rings. The third-order valence-electron chi connectivity index (χ3n) is 3.19. The smallest absolute Gasteiger partial charge is 0.180 e. The highest BCUT2D eigenvalue weighted by molar-refractivity contribution is 6.35. The highest BCUT2D eigenvalue weighted by Crippen LogP contribution is 2.23. The minimum Gasteiger partial charge on any atom is -0.338 e. The molecule has 9 heteroatoms. The molecule has 0 bridgehead atoms. The highest BCUT2D eigenvalue weighted by Gasteiger charge is 2.08. The molecule has 24 heavy (non-hydrogen) atoms. The Morgan fingerprint density at radius 1 is 1.00 bits per heavy atom. The van der Waals surface area contributed by atoms with Crippen LogP contribution in [-0.4, -0.2) is 29.7 Å². The molecule has 0 aliphatic heterocycles. The summed E-state index contributed by atoms with van der Waals surface area (Å²) in [4.78, 5) is 17.0. The van der Waals surface area contributed by atoms with E-state index < -0.39 is 0 Å². The van der Waals surface area contributed by atoms with Gasteiger partial charge in [-0.3, -0.25) is 4.98 Å². The number of nitrogens with zero attached hydrogens (tertiary/aromatic N) is 6. The van der Waals surface area contributed by atoms with E-state index in [9.17, 15) is 0 Å². The maximum atomic E-state index is 6.14. The summed E-state index contributed by atoms with van der Waals surface area (Å²) < 4.78 is 1.56. The number of aromatic nitrogens is 6. The van der Waals surface area contributed by atoms with Crippen molar-refractivity contribution in [3.8, 4) is 5.82 Å². The zero-order valence-corrected chi connectivity index (χ0v) is 13.6. The first-order valence-corrected chi connectivity index (χ1v) is 7.65. The van der Waals surface area contributed by atoms with Crippen molar-refractivity contribution in [2.75, 3.05) is 5.32 Å². The van der Waals surface area contributed by atoms with Crippen LogP contribution >= 0.6 is 23.2 Å². The molecule has 0 amide bonds. The molecule has 0 atom stereocenters. The molecule has 0 aliphatic carbocycles. The van der Waals surface area contributed by atoms with E-state index in [-0.39, 0.29) is 0 Å². The summed E-state index contributed by atoms with van der Waals surface area (Å²) in [7, 11) is 0. The lowest BCUT2D eigenvalue weighted by Crippen LogP contribution is -1.98. The fourth-order valence-corrected chi connectivity index (χ4v) is 2.62. The van der Waals surface area contributed by atoms with Gasteiger partial charge in [0.1, 0.15) is 11.3 Å². The van der Waals surface area contributed by atoms with Gasteiger partial charge in [-0.05, 0) is 18.2 Å². The first-order chi connectivity index (χ1) is 11.7. The standard InChI is InChI=1S/C15H9Cl2N7/c16-9-5-11(17)15(20-6-9)24-8-10(7-21-24)22-13-2-1-12-14(23-13)19-4-3-18-12/h1-8H,(H,19,22,23). The number of pyridine rings is 2. The van der Waals surface area contributed by atoms with Crippen LogP contribution in [0.5, 0.6) is 0 Å². The first-order valence-electron chi connectivity index (χ1n) is 6.90. The summed E-state index contributed by atoms with van der Waals surface area (Å²) in [5.41, 5.74) is 2.03. The summed E-state index contributed by atoms with van der Waals surface area (Å²) in [6.07, 6.45) is 8.15. The van der Waals surface area contributed by atoms with Gasteiger partial charge in [-0.1, -0.05) is 23.2 Å². The van der Waals surface area contributed by atoms with E-state index in [1.54, 1.807) is 35.5 Å². The van der Waals surface area contributed by atoms with Crippen molar-refractivity contribution < 1.29 is 0 Å². The SMILES string of the molecule is Clc1cnc(-n2cc(Nc3ccc4nccnc4n3)cn2)c(Cl)c1. The van der Waals surface area contributed by atoms with E-state index in [4.69, 9.17) is 23.2 Å². The molecule has 0 saturated heterocycles. The Balaban J connectivity index is 1.62. The van der Waals surface area contributed by atoms with Gasteiger partial charge in [-0.2, -0.15) is 5.10 Å². The molecule has 118 valence electrons. The van der Waals surface area contributed by atoms with Crippen LogP contribution in [0.4, 0.5) is 11.5 Å². The summed E-state index contributed by atoms with van der Waals surface area (Å²) in [6, 6.07) is 5.28. The fraction of sp³-hybridized carbons (Fsp3) is 0. The number of fused-ring (bicyclic) bond motifs is 1. The van der Waals surface area contributed by atoms with Crippen molar-refractivity contribution in [2.45, 2.75) is 0 Å². The maximum absolute atomic E-state index is 6.14. The van der Waals surface area contributed by atoms with Gasteiger partial charge in [0.25, 0.3) is 0 Å². The molecular weight excluding hydrogens is 349 g/mol. The van der Waals surface area contributed by atoms with Crippen LogP contribution in [0.2, 0.25) is 10.0 Å². The summed E-state index contributed by atoms with van der Waals surface area (Å²) in [5, 5.41) is 8.28. The van der Waals surface area contributed by atoms with Gasteiger partial charge in [0.05, 0.1) is 28.1 Å². The van der Waals surface area contributed by atoms with Crippen molar-refractivity contribution in [3.05, 3.63) is 59.2 Å². The Morgan fingerprint density at radius 3 is 2.75 bits per heavy atom. The topological polar surface area (TPSA) is 81.4 Å². The third kappa shape index (κ3) is 2.86. The number of anilines is 2. The molecule has 0 spiro atoms. The van der Waals surface area contributed by atoms with Gasteiger partial charge in [0.15, 0.2) is 11.5 Å². The fourth-order valence-electron chi connectivity index (χ4n) is 2.15. The van der Waals surface area contributed by atoms with Crippen LogP contribution in [0, 0.1) is 0 Å². The van der Waals surface area contributed by atoms with E-state index >= 15 is 0 Å².